The Hall–Kier alpha value is -4.73. The summed E-state index contributed by atoms with van der Waals surface area (Å²) in [6.07, 6.45) is -0.345. The van der Waals surface area contributed by atoms with E-state index in [-0.39, 0.29) is 30.3 Å². The second-order valence-corrected chi connectivity index (χ2v) is 11.7. The zero-order valence-electron chi connectivity index (χ0n) is 25.7. The Morgan fingerprint density at radius 1 is 0.978 bits per heavy atom. The number of nitrogens with one attached hydrogen (secondary N) is 2. The lowest BCUT2D eigenvalue weighted by atomic mass is 9.98. The average Bonchev–Trinajstić information content (AvgIpc) is 3.04. The fraction of sp³-hybridized carbons (Fsp3) is 0.278. The molecule has 1 aliphatic rings. The van der Waals surface area contributed by atoms with Crippen LogP contribution in [0.3, 0.4) is 0 Å². The fourth-order valence-electron chi connectivity index (χ4n) is 5.49. The van der Waals surface area contributed by atoms with Gasteiger partial charge in [0.25, 0.3) is 5.91 Å². The second-order valence-electron chi connectivity index (χ2n) is 11.7. The number of benzene rings is 4. The summed E-state index contributed by atoms with van der Waals surface area (Å²) in [6, 6.07) is 28.2. The number of para-hydroxylation sites is 1. The van der Waals surface area contributed by atoms with Crippen molar-refractivity contribution in [2.75, 3.05) is 37.4 Å². The molecule has 0 fully saturated rings. The van der Waals surface area contributed by atoms with Gasteiger partial charge in [0.05, 0.1) is 23.9 Å². The van der Waals surface area contributed by atoms with Gasteiger partial charge in [-0.15, -0.1) is 0 Å². The van der Waals surface area contributed by atoms with Crippen LogP contribution in [0.4, 0.5) is 20.6 Å². The third-order valence-electron chi connectivity index (χ3n) is 8.05. The minimum atomic E-state index is -0.561. The topological polar surface area (TPSA) is 94.1 Å². The summed E-state index contributed by atoms with van der Waals surface area (Å²) in [5.74, 6) is -0.524. The van der Waals surface area contributed by atoms with E-state index < -0.39 is 17.9 Å². The van der Waals surface area contributed by atoms with Crippen molar-refractivity contribution in [2.24, 2.45) is 5.92 Å². The van der Waals surface area contributed by atoms with Gasteiger partial charge < -0.3 is 25.4 Å². The minimum absolute atomic E-state index is 0.0971. The molecule has 0 unspecified atom stereocenters. The highest BCUT2D eigenvalue weighted by Crippen LogP contribution is 2.35. The number of carbonyl (C=O) groups is 2. The molecule has 0 saturated heterocycles. The smallest absolute Gasteiger partial charge is 0.323 e. The third-order valence-corrected chi connectivity index (χ3v) is 8.05. The molecule has 1 heterocycles. The van der Waals surface area contributed by atoms with Crippen molar-refractivity contribution in [3.05, 3.63) is 114 Å². The van der Waals surface area contributed by atoms with E-state index in [1.807, 2.05) is 39.1 Å². The molecular weight excluding hydrogens is 571 g/mol. The van der Waals surface area contributed by atoms with Gasteiger partial charge in [-0.25, -0.2) is 9.18 Å². The number of aliphatic hydroxyl groups excluding tert-OH is 1. The largest absolute Gasteiger partial charge is 0.486 e. The number of anilines is 2. The van der Waals surface area contributed by atoms with Crippen LogP contribution in [0.25, 0.3) is 11.1 Å². The highest BCUT2D eigenvalue weighted by molar-refractivity contribution is 6.04. The highest BCUT2D eigenvalue weighted by Gasteiger charge is 2.34. The summed E-state index contributed by atoms with van der Waals surface area (Å²) in [6.45, 7) is 5.28. The Morgan fingerprint density at radius 3 is 2.36 bits per heavy atom. The molecule has 0 spiro atoms. The highest BCUT2D eigenvalue weighted by atomic mass is 19.1. The van der Waals surface area contributed by atoms with Crippen LogP contribution in [-0.4, -0.2) is 65.7 Å². The molecule has 9 heteroatoms. The number of aliphatic hydroxyl groups is 1. The lowest BCUT2D eigenvalue weighted by Gasteiger charge is -2.38. The zero-order chi connectivity index (χ0) is 31.9. The SMILES string of the molecule is C[C@H]1CN([C@@H](C)CO)C(=O)c2cccc(NC(=O)Nc3ccc(F)cc3)c2O[C@@H]1CN(C)Cc1ccc(-c2ccccc2)cc1. The first-order valence-corrected chi connectivity index (χ1v) is 15.1. The van der Waals surface area contributed by atoms with Crippen molar-refractivity contribution in [2.45, 2.75) is 32.5 Å². The number of carbonyl (C=O) groups excluding carboxylic acids is 2. The maximum absolute atomic E-state index is 13.8. The molecule has 5 rings (SSSR count). The number of hydrogen-bond acceptors (Lipinski definition) is 5. The molecular formula is C36H39FN4O4. The normalized spacial score (nSPS) is 17.1. The first-order valence-electron chi connectivity index (χ1n) is 15.1. The monoisotopic (exact) mass is 610 g/mol. The lowest BCUT2D eigenvalue weighted by molar-refractivity contribution is 0.0343. The van der Waals surface area contributed by atoms with E-state index in [4.69, 9.17) is 4.74 Å². The van der Waals surface area contributed by atoms with Crippen LogP contribution in [0.5, 0.6) is 5.75 Å². The van der Waals surface area contributed by atoms with E-state index in [0.717, 1.165) is 11.1 Å². The van der Waals surface area contributed by atoms with E-state index in [1.165, 1.54) is 29.8 Å². The summed E-state index contributed by atoms with van der Waals surface area (Å²) in [5.41, 5.74) is 4.52. The van der Waals surface area contributed by atoms with E-state index in [1.54, 1.807) is 23.1 Å². The van der Waals surface area contributed by atoms with Crippen molar-refractivity contribution >= 4 is 23.3 Å². The molecule has 3 N–H and O–H groups in total. The minimum Gasteiger partial charge on any atom is -0.486 e. The Kier molecular flexibility index (Phi) is 10.1. The van der Waals surface area contributed by atoms with Crippen LogP contribution in [0.15, 0.2) is 97.1 Å². The van der Waals surface area contributed by atoms with Crippen molar-refractivity contribution in [3.63, 3.8) is 0 Å². The van der Waals surface area contributed by atoms with Crippen LogP contribution in [0.1, 0.15) is 29.8 Å². The van der Waals surface area contributed by atoms with Gasteiger partial charge in [0.2, 0.25) is 0 Å². The first kappa shape index (κ1) is 31.7. The molecule has 4 aromatic carbocycles. The molecule has 0 saturated carbocycles. The summed E-state index contributed by atoms with van der Waals surface area (Å²) in [4.78, 5) is 30.5. The molecule has 0 bridgehead atoms. The fourth-order valence-corrected chi connectivity index (χ4v) is 5.49. The number of rotatable bonds is 9. The van der Waals surface area contributed by atoms with Crippen LogP contribution < -0.4 is 15.4 Å². The number of halogens is 1. The Labute approximate surface area is 263 Å². The molecule has 8 nitrogen and oxygen atoms in total. The van der Waals surface area contributed by atoms with Gasteiger partial charge >= 0.3 is 6.03 Å². The summed E-state index contributed by atoms with van der Waals surface area (Å²) in [5, 5.41) is 15.5. The number of ether oxygens (including phenoxy) is 1. The average molecular weight is 611 g/mol. The van der Waals surface area contributed by atoms with Gasteiger partial charge in [-0.05, 0) is 67.1 Å². The van der Waals surface area contributed by atoms with Crippen molar-refractivity contribution in [1.82, 2.24) is 9.80 Å². The maximum atomic E-state index is 13.8. The van der Waals surface area contributed by atoms with Gasteiger partial charge in [0.15, 0.2) is 5.75 Å². The van der Waals surface area contributed by atoms with Gasteiger partial charge in [-0.2, -0.15) is 0 Å². The third kappa shape index (κ3) is 7.87. The Balaban J connectivity index is 1.37. The van der Waals surface area contributed by atoms with Crippen LogP contribution in [0.2, 0.25) is 0 Å². The molecule has 3 amide bonds. The molecule has 234 valence electrons. The second kappa shape index (κ2) is 14.4. The molecule has 0 radical (unpaired) electrons. The summed E-state index contributed by atoms with van der Waals surface area (Å²) >= 11 is 0. The molecule has 0 aromatic heterocycles. The molecule has 45 heavy (non-hydrogen) atoms. The summed E-state index contributed by atoms with van der Waals surface area (Å²) in [7, 11) is 2.03. The number of nitrogens with zero attached hydrogens (tertiary/aromatic N) is 2. The van der Waals surface area contributed by atoms with Gasteiger partial charge in [-0.3, -0.25) is 9.69 Å². The summed E-state index contributed by atoms with van der Waals surface area (Å²) < 4.78 is 20.0. The maximum Gasteiger partial charge on any atom is 0.323 e. The van der Waals surface area contributed by atoms with E-state index >= 15 is 0 Å². The van der Waals surface area contributed by atoms with Crippen molar-refractivity contribution in [3.8, 4) is 16.9 Å². The predicted octanol–water partition coefficient (Wildman–Crippen LogP) is 6.49. The van der Waals surface area contributed by atoms with Gasteiger partial charge in [0, 0.05) is 31.2 Å². The van der Waals surface area contributed by atoms with Gasteiger partial charge in [0.1, 0.15) is 11.9 Å². The zero-order valence-corrected chi connectivity index (χ0v) is 25.7. The lowest BCUT2D eigenvalue weighted by Crippen LogP contribution is -2.49. The van der Waals surface area contributed by atoms with E-state index in [9.17, 15) is 19.1 Å². The number of amides is 3. The van der Waals surface area contributed by atoms with E-state index in [0.29, 0.717) is 36.6 Å². The van der Waals surface area contributed by atoms with Gasteiger partial charge in [-0.1, -0.05) is 67.6 Å². The van der Waals surface area contributed by atoms with Crippen LogP contribution in [-0.2, 0) is 6.54 Å². The Morgan fingerprint density at radius 2 is 1.67 bits per heavy atom. The van der Waals surface area contributed by atoms with Crippen molar-refractivity contribution < 1.29 is 23.8 Å². The quantitative estimate of drug-likeness (QED) is 0.202. The van der Waals surface area contributed by atoms with Crippen LogP contribution >= 0.6 is 0 Å². The Bertz CT molecular complexity index is 1600. The molecule has 3 atom stereocenters. The number of urea groups is 1. The molecule has 4 aromatic rings. The number of likely N-dealkylation sites (N-methyl/N-ethyl adjacent to an activating group) is 1. The first-order chi connectivity index (χ1) is 21.7. The number of hydrogen-bond donors (Lipinski definition) is 3. The standard InChI is InChI=1S/C36H39FN4O4/c1-24-20-41(25(2)23-42)35(43)31-10-7-11-32(39-36(44)38-30-18-16-29(37)17-19-30)34(31)45-33(24)22-40(3)21-26-12-14-28(15-13-26)27-8-5-4-6-9-27/h4-19,24-25,33,42H,20-23H2,1-3H3,(H2,38,39,44)/t24-,25-,33+/m0/s1. The van der Waals surface area contributed by atoms with Crippen LogP contribution in [0, 0.1) is 11.7 Å². The number of fused-ring (bicyclic) bond motifs is 1. The van der Waals surface area contributed by atoms with E-state index in [2.05, 4.69) is 51.9 Å². The van der Waals surface area contributed by atoms with Crippen molar-refractivity contribution in [1.29, 1.82) is 0 Å². The predicted molar refractivity (Wildman–Crippen MR) is 175 cm³/mol. The molecule has 1 aliphatic heterocycles. The molecule has 0 aliphatic carbocycles.